The molecule has 0 fully saturated rings. The van der Waals surface area contributed by atoms with Gasteiger partial charge in [0, 0.05) is 30.2 Å². The normalized spacial score (nSPS) is 16.6. The van der Waals surface area contributed by atoms with Crippen LogP contribution in [0.5, 0.6) is 0 Å². The first kappa shape index (κ1) is 21.2. The number of halogens is 1. The molecule has 2 aromatic carbocycles. The van der Waals surface area contributed by atoms with Gasteiger partial charge >= 0.3 is 5.97 Å². The molecule has 1 aliphatic heterocycles. The summed E-state index contributed by atoms with van der Waals surface area (Å²) in [6.45, 7) is 1.89. The van der Waals surface area contributed by atoms with E-state index in [2.05, 4.69) is 0 Å². The van der Waals surface area contributed by atoms with Crippen LogP contribution < -0.4 is 0 Å². The molecule has 0 aromatic heterocycles. The molecule has 0 radical (unpaired) electrons. The fourth-order valence-corrected chi connectivity index (χ4v) is 3.78. The third-order valence-electron chi connectivity index (χ3n) is 5.12. The second-order valence-corrected chi connectivity index (χ2v) is 6.92. The fraction of sp³-hybridized carbons (Fsp3) is 0.273. The molecule has 0 saturated heterocycles. The molecule has 1 amide bonds. The van der Waals surface area contributed by atoms with E-state index in [4.69, 9.17) is 4.74 Å². The molecular weight excluding hydrogens is 391 g/mol. The molecule has 2 aromatic rings. The molecule has 30 heavy (non-hydrogen) atoms. The quantitative estimate of drug-likeness (QED) is 0.405. The maximum atomic E-state index is 13.8. The van der Waals surface area contributed by atoms with Gasteiger partial charge in [0.15, 0.2) is 0 Å². The highest BCUT2D eigenvalue weighted by Crippen LogP contribution is 2.39. The molecule has 0 saturated carbocycles. The molecular formula is C22H21FN2O5. The van der Waals surface area contributed by atoms with Crippen molar-refractivity contribution in [1.29, 1.82) is 0 Å². The number of hydrogen-bond acceptors (Lipinski definition) is 5. The van der Waals surface area contributed by atoms with Gasteiger partial charge in [0.2, 0.25) is 5.91 Å². The topological polar surface area (TPSA) is 89.8 Å². The maximum absolute atomic E-state index is 13.8. The van der Waals surface area contributed by atoms with Gasteiger partial charge in [-0.25, -0.2) is 9.18 Å². The summed E-state index contributed by atoms with van der Waals surface area (Å²) in [6.07, 6.45) is 0.323. The van der Waals surface area contributed by atoms with E-state index in [1.165, 1.54) is 42.3 Å². The third-order valence-corrected chi connectivity index (χ3v) is 5.12. The summed E-state index contributed by atoms with van der Waals surface area (Å²) in [5.74, 6) is -1.92. The van der Waals surface area contributed by atoms with Gasteiger partial charge in [0.1, 0.15) is 5.82 Å². The molecule has 0 N–H and O–H groups in total. The van der Waals surface area contributed by atoms with Crippen LogP contribution in [-0.4, -0.2) is 28.8 Å². The van der Waals surface area contributed by atoms with Gasteiger partial charge in [-0.2, -0.15) is 0 Å². The number of nitrogens with zero attached hydrogens (tertiary/aromatic N) is 2. The lowest BCUT2D eigenvalue weighted by Crippen LogP contribution is -2.38. The molecule has 3 rings (SSSR count). The van der Waals surface area contributed by atoms with E-state index < -0.39 is 22.6 Å². The number of nitro benzene ring substituents is 1. The number of nitro groups is 1. The van der Waals surface area contributed by atoms with E-state index in [0.29, 0.717) is 28.8 Å². The van der Waals surface area contributed by atoms with Crippen molar-refractivity contribution in [2.24, 2.45) is 0 Å². The maximum Gasteiger partial charge on any atom is 0.336 e. The van der Waals surface area contributed by atoms with Crippen LogP contribution in [0.25, 0.3) is 0 Å². The van der Waals surface area contributed by atoms with Crippen molar-refractivity contribution in [3.05, 3.63) is 86.9 Å². The lowest BCUT2D eigenvalue weighted by atomic mass is 9.82. The number of ether oxygens (including phenoxy) is 1. The van der Waals surface area contributed by atoms with E-state index in [9.17, 15) is 24.1 Å². The zero-order chi connectivity index (χ0) is 21.8. The number of amides is 1. The molecule has 8 heteroatoms. The Morgan fingerprint density at radius 3 is 2.63 bits per heavy atom. The van der Waals surface area contributed by atoms with E-state index in [1.807, 2.05) is 0 Å². The average Bonchev–Trinajstić information content (AvgIpc) is 2.74. The van der Waals surface area contributed by atoms with Crippen molar-refractivity contribution in [3.8, 4) is 0 Å². The number of rotatable bonds is 6. The summed E-state index contributed by atoms with van der Waals surface area (Å²) in [5.41, 5.74) is 1.78. The van der Waals surface area contributed by atoms with Crippen LogP contribution in [0.4, 0.5) is 10.1 Å². The predicted molar refractivity (Wildman–Crippen MR) is 107 cm³/mol. The van der Waals surface area contributed by atoms with Crippen LogP contribution in [0.15, 0.2) is 59.8 Å². The standard InChI is InChI=1S/C22H21FN2O5/c1-3-19-21(22(27)30-2)18(15-7-5-8-16(23)11-15)12-20(26)24(19)13-14-6-4-9-17(10-14)25(28)29/h4-11,18H,3,12-13H2,1-2H3/t18-/m1/s1. The fourth-order valence-electron chi connectivity index (χ4n) is 3.78. The SMILES string of the molecule is CCC1=C(C(=O)OC)[C@@H](c2cccc(F)c2)CC(=O)N1Cc1cccc([N+](=O)[O-])c1. The number of carbonyl (C=O) groups excluding carboxylic acids is 2. The third kappa shape index (κ3) is 4.22. The molecule has 1 atom stereocenters. The molecule has 0 bridgehead atoms. The van der Waals surface area contributed by atoms with Gasteiger partial charge in [-0.15, -0.1) is 0 Å². The highest BCUT2D eigenvalue weighted by Gasteiger charge is 2.37. The van der Waals surface area contributed by atoms with Crippen molar-refractivity contribution in [3.63, 3.8) is 0 Å². The van der Waals surface area contributed by atoms with Crippen molar-refractivity contribution in [1.82, 2.24) is 4.90 Å². The first-order chi connectivity index (χ1) is 14.3. The minimum atomic E-state index is -0.628. The van der Waals surface area contributed by atoms with Crippen molar-refractivity contribution in [2.45, 2.75) is 32.2 Å². The molecule has 7 nitrogen and oxygen atoms in total. The Bertz CT molecular complexity index is 1030. The van der Waals surface area contributed by atoms with Crippen LogP contribution in [0.2, 0.25) is 0 Å². The Morgan fingerprint density at radius 2 is 2.00 bits per heavy atom. The number of methoxy groups -OCH3 is 1. The lowest BCUT2D eigenvalue weighted by Gasteiger charge is -2.35. The zero-order valence-corrected chi connectivity index (χ0v) is 16.6. The summed E-state index contributed by atoms with van der Waals surface area (Å²) in [7, 11) is 1.26. The van der Waals surface area contributed by atoms with E-state index >= 15 is 0 Å². The summed E-state index contributed by atoms with van der Waals surface area (Å²) in [4.78, 5) is 37.7. The second kappa shape index (κ2) is 8.86. The molecule has 1 heterocycles. The number of hydrogen-bond donors (Lipinski definition) is 0. The van der Waals surface area contributed by atoms with Gasteiger partial charge in [0.05, 0.1) is 24.2 Å². The highest BCUT2D eigenvalue weighted by molar-refractivity contribution is 5.95. The minimum Gasteiger partial charge on any atom is -0.466 e. The van der Waals surface area contributed by atoms with Gasteiger partial charge in [-0.05, 0) is 29.7 Å². The van der Waals surface area contributed by atoms with E-state index in [0.717, 1.165) is 0 Å². The van der Waals surface area contributed by atoms with Gasteiger partial charge in [-0.1, -0.05) is 31.2 Å². The Kier molecular flexibility index (Phi) is 6.25. The largest absolute Gasteiger partial charge is 0.466 e. The summed E-state index contributed by atoms with van der Waals surface area (Å²) in [5, 5.41) is 11.1. The minimum absolute atomic E-state index is 0.0354. The molecule has 1 aliphatic rings. The van der Waals surface area contributed by atoms with Crippen LogP contribution in [0.1, 0.15) is 36.8 Å². The van der Waals surface area contributed by atoms with E-state index in [-0.39, 0.29) is 24.6 Å². The van der Waals surface area contributed by atoms with Gasteiger partial charge < -0.3 is 9.64 Å². The second-order valence-electron chi connectivity index (χ2n) is 6.92. The molecule has 0 spiro atoms. The van der Waals surface area contributed by atoms with Crippen LogP contribution in [0.3, 0.4) is 0 Å². The van der Waals surface area contributed by atoms with Crippen molar-refractivity contribution >= 4 is 17.6 Å². The molecule has 0 aliphatic carbocycles. The van der Waals surface area contributed by atoms with Crippen LogP contribution in [0, 0.1) is 15.9 Å². The van der Waals surface area contributed by atoms with Gasteiger partial charge in [0.25, 0.3) is 5.69 Å². The van der Waals surface area contributed by atoms with Crippen LogP contribution in [-0.2, 0) is 20.9 Å². The first-order valence-electron chi connectivity index (χ1n) is 9.46. The Balaban J connectivity index is 2.07. The highest BCUT2D eigenvalue weighted by atomic mass is 19.1. The van der Waals surface area contributed by atoms with Crippen molar-refractivity contribution < 1.29 is 23.6 Å². The number of allylic oxidation sites excluding steroid dienone is 1. The van der Waals surface area contributed by atoms with Gasteiger partial charge in [-0.3, -0.25) is 14.9 Å². The number of carbonyl (C=O) groups is 2. The Morgan fingerprint density at radius 1 is 1.27 bits per heavy atom. The van der Waals surface area contributed by atoms with E-state index in [1.54, 1.807) is 25.1 Å². The smallest absolute Gasteiger partial charge is 0.336 e. The number of non-ortho nitro benzene ring substituents is 1. The molecule has 156 valence electrons. The number of benzene rings is 2. The molecule has 0 unspecified atom stereocenters. The Hall–Kier alpha value is -3.55. The summed E-state index contributed by atoms with van der Waals surface area (Å²) >= 11 is 0. The summed E-state index contributed by atoms with van der Waals surface area (Å²) < 4.78 is 18.8. The predicted octanol–water partition coefficient (Wildman–Crippen LogP) is 4.09. The van der Waals surface area contributed by atoms with Crippen molar-refractivity contribution in [2.75, 3.05) is 7.11 Å². The Labute approximate surface area is 172 Å². The monoisotopic (exact) mass is 412 g/mol. The summed E-state index contributed by atoms with van der Waals surface area (Å²) in [6, 6.07) is 11.8. The van der Waals surface area contributed by atoms with Crippen LogP contribution >= 0.6 is 0 Å². The zero-order valence-electron chi connectivity index (χ0n) is 16.6. The lowest BCUT2D eigenvalue weighted by molar-refractivity contribution is -0.384. The number of esters is 1. The first-order valence-corrected chi connectivity index (χ1v) is 9.46. The average molecular weight is 412 g/mol.